The monoisotopic (exact) mass is 495 g/mol. The SMILES string of the molecule is CCOc1cc(/C=C(/C#N)C(=O)Nc2cc(C)on2)cc(Cl)c1OCCOc1cc(C)ccc1C. The van der Waals surface area contributed by atoms with Crippen LogP contribution in [0.15, 0.2) is 46.5 Å². The highest BCUT2D eigenvalue weighted by atomic mass is 35.5. The lowest BCUT2D eigenvalue weighted by Crippen LogP contribution is -2.13. The van der Waals surface area contributed by atoms with Gasteiger partial charge in [0, 0.05) is 6.07 Å². The first-order valence-electron chi connectivity index (χ1n) is 11.0. The van der Waals surface area contributed by atoms with Crippen molar-refractivity contribution < 1.29 is 23.5 Å². The first-order chi connectivity index (χ1) is 16.8. The van der Waals surface area contributed by atoms with Crippen LogP contribution in [0.25, 0.3) is 6.08 Å². The molecule has 0 aliphatic heterocycles. The Hall–Kier alpha value is -3.96. The minimum absolute atomic E-state index is 0.139. The predicted molar refractivity (Wildman–Crippen MR) is 133 cm³/mol. The third kappa shape index (κ3) is 7.01. The van der Waals surface area contributed by atoms with Gasteiger partial charge in [0.2, 0.25) is 0 Å². The number of hydrogen-bond acceptors (Lipinski definition) is 7. The molecule has 9 heteroatoms. The standard InChI is InChI=1S/C26H26ClN3O5/c1-5-32-23-14-19(12-20(15-28)26(31)29-24-11-18(4)35-30-24)13-21(27)25(23)34-9-8-33-22-10-16(2)6-7-17(22)3/h6-7,10-14H,5,8-9H2,1-4H3,(H,29,30,31)/b20-12-. The second-order valence-corrected chi connectivity index (χ2v) is 8.08. The van der Waals surface area contributed by atoms with Crippen LogP contribution in [0.1, 0.15) is 29.4 Å². The first kappa shape index (κ1) is 25.7. The number of nitriles is 1. The van der Waals surface area contributed by atoms with Crippen LogP contribution in [0.2, 0.25) is 5.02 Å². The third-order valence-corrected chi connectivity index (χ3v) is 5.09. The lowest BCUT2D eigenvalue weighted by Gasteiger charge is -2.15. The second-order valence-electron chi connectivity index (χ2n) is 7.68. The third-order valence-electron chi connectivity index (χ3n) is 4.81. The van der Waals surface area contributed by atoms with Gasteiger partial charge in [-0.2, -0.15) is 5.26 Å². The van der Waals surface area contributed by atoms with E-state index in [1.54, 1.807) is 25.1 Å². The van der Waals surface area contributed by atoms with Crippen molar-refractivity contribution >= 4 is 29.4 Å². The van der Waals surface area contributed by atoms with E-state index in [4.69, 9.17) is 30.3 Å². The minimum Gasteiger partial charge on any atom is -0.490 e. The zero-order valence-electron chi connectivity index (χ0n) is 20.0. The zero-order chi connectivity index (χ0) is 25.4. The number of aryl methyl sites for hydroxylation is 3. The number of nitrogens with zero attached hydrogens (tertiary/aromatic N) is 2. The maximum Gasteiger partial charge on any atom is 0.267 e. The van der Waals surface area contributed by atoms with Crippen LogP contribution in [-0.2, 0) is 4.79 Å². The van der Waals surface area contributed by atoms with E-state index >= 15 is 0 Å². The summed E-state index contributed by atoms with van der Waals surface area (Å²) in [6.45, 7) is 8.44. The molecule has 0 spiro atoms. The molecule has 0 unspecified atom stereocenters. The molecule has 8 nitrogen and oxygen atoms in total. The van der Waals surface area contributed by atoms with E-state index in [0.29, 0.717) is 36.0 Å². The van der Waals surface area contributed by atoms with E-state index < -0.39 is 5.91 Å². The molecule has 0 aliphatic carbocycles. The normalized spacial score (nSPS) is 11.0. The number of benzene rings is 2. The average Bonchev–Trinajstić information content (AvgIpc) is 3.23. The lowest BCUT2D eigenvalue weighted by atomic mass is 10.1. The molecule has 3 aromatic rings. The molecule has 182 valence electrons. The largest absolute Gasteiger partial charge is 0.490 e. The van der Waals surface area contributed by atoms with Crippen molar-refractivity contribution in [2.45, 2.75) is 27.7 Å². The Balaban J connectivity index is 1.73. The molecule has 0 bridgehead atoms. The molecule has 0 radical (unpaired) electrons. The highest BCUT2D eigenvalue weighted by Crippen LogP contribution is 2.37. The summed E-state index contributed by atoms with van der Waals surface area (Å²) in [4.78, 5) is 12.5. The number of amides is 1. The molecule has 35 heavy (non-hydrogen) atoms. The second kappa shape index (κ2) is 12.0. The number of carbonyl (C=O) groups is 1. The Labute approximate surface area is 209 Å². The Morgan fingerprint density at radius 3 is 2.57 bits per heavy atom. The smallest absolute Gasteiger partial charge is 0.267 e. The van der Waals surface area contributed by atoms with Crippen molar-refractivity contribution in [3.05, 3.63) is 69.4 Å². The van der Waals surface area contributed by atoms with Gasteiger partial charge in [-0.1, -0.05) is 28.9 Å². The van der Waals surface area contributed by atoms with E-state index in [1.165, 1.54) is 6.08 Å². The molecule has 0 fully saturated rings. The number of hydrogen-bond donors (Lipinski definition) is 1. The Bertz CT molecular complexity index is 1280. The van der Waals surface area contributed by atoms with Crippen molar-refractivity contribution in [3.8, 4) is 23.3 Å². The molecule has 1 aromatic heterocycles. The minimum atomic E-state index is -0.626. The van der Waals surface area contributed by atoms with Crippen LogP contribution in [0.5, 0.6) is 17.2 Å². The van der Waals surface area contributed by atoms with Crippen molar-refractivity contribution in [1.82, 2.24) is 5.16 Å². The van der Waals surface area contributed by atoms with Gasteiger partial charge in [-0.25, -0.2) is 0 Å². The van der Waals surface area contributed by atoms with Gasteiger partial charge in [-0.15, -0.1) is 0 Å². The maximum atomic E-state index is 12.5. The quantitative estimate of drug-likeness (QED) is 0.220. The number of halogens is 1. The fraction of sp³-hybridized carbons (Fsp3) is 0.269. The maximum absolute atomic E-state index is 12.5. The zero-order valence-corrected chi connectivity index (χ0v) is 20.7. The van der Waals surface area contributed by atoms with Crippen molar-refractivity contribution in [1.29, 1.82) is 5.26 Å². The van der Waals surface area contributed by atoms with Crippen LogP contribution in [0.4, 0.5) is 5.82 Å². The van der Waals surface area contributed by atoms with Crippen LogP contribution in [0.3, 0.4) is 0 Å². The molecule has 0 aliphatic rings. The van der Waals surface area contributed by atoms with Crippen LogP contribution < -0.4 is 19.5 Å². The number of carbonyl (C=O) groups excluding carboxylic acids is 1. The van der Waals surface area contributed by atoms with Crippen LogP contribution in [0, 0.1) is 32.1 Å². The van der Waals surface area contributed by atoms with Gasteiger partial charge in [0.25, 0.3) is 5.91 Å². The molecule has 1 N–H and O–H groups in total. The number of ether oxygens (including phenoxy) is 3. The molecule has 0 saturated heterocycles. The van der Waals surface area contributed by atoms with Gasteiger partial charge >= 0.3 is 0 Å². The number of rotatable bonds is 10. The molecular weight excluding hydrogens is 470 g/mol. The van der Waals surface area contributed by atoms with Gasteiger partial charge in [-0.3, -0.25) is 4.79 Å². The summed E-state index contributed by atoms with van der Waals surface area (Å²) in [5.74, 6) is 1.67. The van der Waals surface area contributed by atoms with Gasteiger partial charge in [0.1, 0.15) is 36.4 Å². The fourth-order valence-electron chi connectivity index (χ4n) is 3.16. The molecular formula is C26H26ClN3O5. The summed E-state index contributed by atoms with van der Waals surface area (Å²) in [5.41, 5.74) is 2.51. The van der Waals surface area contributed by atoms with Gasteiger partial charge in [-0.05, 0) is 68.7 Å². The lowest BCUT2D eigenvalue weighted by molar-refractivity contribution is -0.112. The topological polar surface area (TPSA) is 107 Å². The molecule has 3 rings (SSSR count). The van der Waals surface area contributed by atoms with Crippen LogP contribution >= 0.6 is 11.6 Å². The predicted octanol–water partition coefficient (Wildman–Crippen LogP) is 5.66. The summed E-state index contributed by atoms with van der Waals surface area (Å²) < 4.78 is 22.3. The van der Waals surface area contributed by atoms with E-state index in [0.717, 1.165) is 16.9 Å². The van der Waals surface area contributed by atoms with Crippen molar-refractivity contribution in [2.75, 3.05) is 25.1 Å². The summed E-state index contributed by atoms with van der Waals surface area (Å²) in [6, 6.07) is 12.7. The Morgan fingerprint density at radius 2 is 1.89 bits per heavy atom. The average molecular weight is 496 g/mol. The highest BCUT2D eigenvalue weighted by Gasteiger charge is 2.16. The van der Waals surface area contributed by atoms with Gasteiger partial charge in [0.05, 0.1) is 11.6 Å². The van der Waals surface area contributed by atoms with E-state index in [2.05, 4.69) is 10.5 Å². The molecule has 1 amide bonds. The summed E-state index contributed by atoms with van der Waals surface area (Å²) in [7, 11) is 0. The fourth-order valence-corrected chi connectivity index (χ4v) is 3.43. The highest BCUT2D eigenvalue weighted by molar-refractivity contribution is 6.32. The van der Waals surface area contributed by atoms with Gasteiger partial charge in [0.15, 0.2) is 17.3 Å². The van der Waals surface area contributed by atoms with E-state index in [-0.39, 0.29) is 23.0 Å². The van der Waals surface area contributed by atoms with Crippen LogP contribution in [-0.4, -0.2) is 30.9 Å². The number of nitrogens with one attached hydrogen (secondary N) is 1. The van der Waals surface area contributed by atoms with Crippen molar-refractivity contribution in [2.24, 2.45) is 0 Å². The van der Waals surface area contributed by atoms with Crippen molar-refractivity contribution in [3.63, 3.8) is 0 Å². The molecule has 1 heterocycles. The Kier molecular flexibility index (Phi) is 8.76. The first-order valence-corrected chi connectivity index (χ1v) is 11.3. The number of aromatic nitrogens is 1. The summed E-state index contributed by atoms with van der Waals surface area (Å²) in [6.07, 6.45) is 1.41. The molecule has 0 saturated carbocycles. The number of anilines is 1. The van der Waals surface area contributed by atoms with Gasteiger partial charge < -0.3 is 24.1 Å². The Morgan fingerprint density at radius 1 is 1.11 bits per heavy atom. The van der Waals surface area contributed by atoms with E-state index in [1.807, 2.05) is 45.0 Å². The molecule has 0 atom stereocenters. The van der Waals surface area contributed by atoms with E-state index in [9.17, 15) is 10.1 Å². The summed E-state index contributed by atoms with van der Waals surface area (Å²) >= 11 is 6.47. The summed E-state index contributed by atoms with van der Waals surface area (Å²) in [5, 5.41) is 16.0. The molecule has 2 aromatic carbocycles.